The van der Waals surface area contributed by atoms with Crippen molar-refractivity contribution in [1.82, 2.24) is 0 Å². The van der Waals surface area contributed by atoms with Crippen molar-refractivity contribution in [2.75, 3.05) is 0 Å². The fraction of sp³-hybridized carbons (Fsp3) is 0.538. The maximum atomic E-state index is 9.56. The minimum Gasteiger partial charge on any atom is -0.508 e. The fourth-order valence-corrected chi connectivity index (χ4v) is 1.72. The summed E-state index contributed by atoms with van der Waals surface area (Å²) < 4.78 is 0. The molecule has 1 rings (SSSR count). The van der Waals surface area contributed by atoms with Crippen molar-refractivity contribution in [3.8, 4) is 5.75 Å². The van der Waals surface area contributed by atoms with E-state index in [-0.39, 0.29) is 5.41 Å². The molecule has 0 aliphatic heterocycles. The second-order valence-corrected chi connectivity index (χ2v) is 4.69. The quantitative estimate of drug-likeness (QED) is 0.757. The average Bonchev–Trinajstić information content (AvgIpc) is 2.11. The van der Waals surface area contributed by atoms with E-state index in [9.17, 15) is 5.11 Å². The Hall–Kier alpha value is -0.980. The van der Waals surface area contributed by atoms with Crippen molar-refractivity contribution < 1.29 is 5.11 Å². The third kappa shape index (κ3) is 1.92. The summed E-state index contributed by atoms with van der Waals surface area (Å²) in [5.41, 5.74) is 3.69. The lowest BCUT2D eigenvalue weighted by molar-refractivity contribution is 0.465. The topological polar surface area (TPSA) is 20.2 Å². The molecule has 14 heavy (non-hydrogen) atoms. The van der Waals surface area contributed by atoms with Gasteiger partial charge in [0.05, 0.1) is 0 Å². The number of phenols is 1. The summed E-state index contributed by atoms with van der Waals surface area (Å²) in [5, 5.41) is 9.56. The second kappa shape index (κ2) is 3.64. The number of phenolic OH excluding ortho intramolecular Hbond substituents is 1. The normalized spacial score (nSPS) is 11.8. The SMILES string of the molecule is CCC(C)(C)c1cc(C)c(O)cc1C. The van der Waals surface area contributed by atoms with Crippen molar-refractivity contribution in [3.63, 3.8) is 0 Å². The predicted octanol–water partition coefficient (Wildman–Crippen LogP) is 3.70. The van der Waals surface area contributed by atoms with Gasteiger partial charge in [0, 0.05) is 0 Å². The first kappa shape index (κ1) is 11.1. The standard InChI is InChI=1S/C13H20O/c1-6-13(4,5)11-7-10(3)12(14)8-9(11)2/h7-8,14H,6H2,1-5H3. The van der Waals surface area contributed by atoms with Crippen LogP contribution in [0.25, 0.3) is 0 Å². The highest BCUT2D eigenvalue weighted by atomic mass is 16.3. The lowest BCUT2D eigenvalue weighted by Gasteiger charge is -2.26. The van der Waals surface area contributed by atoms with E-state index in [1.807, 2.05) is 13.0 Å². The van der Waals surface area contributed by atoms with Crippen molar-refractivity contribution in [2.24, 2.45) is 0 Å². The number of hydrogen-bond donors (Lipinski definition) is 1. The molecule has 78 valence electrons. The van der Waals surface area contributed by atoms with E-state index in [0.717, 1.165) is 12.0 Å². The summed E-state index contributed by atoms with van der Waals surface area (Å²) in [6, 6.07) is 3.97. The van der Waals surface area contributed by atoms with Gasteiger partial charge in [0.15, 0.2) is 0 Å². The molecule has 0 bridgehead atoms. The van der Waals surface area contributed by atoms with Gasteiger partial charge >= 0.3 is 0 Å². The zero-order chi connectivity index (χ0) is 10.9. The van der Waals surface area contributed by atoms with Gasteiger partial charge in [0.25, 0.3) is 0 Å². The number of aromatic hydroxyl groups is 1. The van der Waals surface area contributed by atoms with Gasteiger partial charge in [0.1, 0.15) is 5.75 Å². The van der Waals surface area contributed by atoms with E-state index in [0.29, 0.717) is 5.75 Å². The van der Waals surface area contributed by atoms with Crippen LogP contribution >= 0.6 is 0 Å². The Morgan fingerprint density at radius 3 is 2.21 bits per heavy atom. The van der Waals surface area contributed by atoms with E-state index >= 15 is 0 Å². The van der Waals surface area contributed by atoms with Crippen LogP contribution in [0.3, 0.4) is 0 Å². The summed E-state index contributed by atoms with van der Waals surface area (Å²) in [6.45, 7) is 10.7. The Morgan fingerprint density at radius 1 is 1.14 bits per heavy atom. The van der Waals surface area contributed by atoms with E-state index in [4.69, 9.17) is 0 Å². The maximum absolute atomic E-state index is 9.56. The van der Waals surface area contributed by atoms with Gasteiger partial charge in [-0.3, -0.25) is 0 Å². The molecule has 0 aromatic heterocycles. The van der Waals surface area contributed by atoms with Gasteiger partial charge in [-0.15, -0.1) is 0 Å². The fourth-order valence-electron chi connectivity index (χ4n) is 1.72. The molecule has 0 atom stereocenters. The lowest BCUT2D eigenvalue weighted by atomic mass is 9.79. The van der Waals surface area contributed by atoms with Crippen LogP contribution in [0.4, 0.5) is 0 Å². The summed E-state index contributed by atoms with van der Waals surface area (Å²) >= 11 is 0. The first-order valence-corrected chi connectivity index (χ1v) is 5.19. The van der Waals surface area contributed by atoms with Crippen LogP contribution in [-0.4, -0.2) is 5.11 Å². The minimum atomic E-state index is 0.197. The predicted molar refractivity (Wildman–Crippen MR) is 60.9 cm³/mol. The molecule has 0 saturated carbocycles. The number of rotatable bonds is 2. The van der Waals surface area contributed by atoms with Crippen molar-refractivity contribution in [2.45, 2.75) is 46.5 Å². The van der Waals surface area contributed by atoms with E-state index < -0.39 is 0 Å². The van der Waals surface area contributed by atoms with Crippen molar-refractivity contribution in [1.29, 1.82) is 0 Å². The molecule has 0 radical (unpaired) electrons. The summed E-state index contributed by atoms with van der Waals surface area (Å²) in [6.07, 6.45) is 1.11. The Labute approximate surface area is 86.8 Å². The van der Waals surface area contributed by atoms with Crippen molar-refractivity contribution in [3.05, 3.63) is 28.8 Å². The van der Waals surface area contributed by atoms with E-state index in [1.165, 1.54) is 11.1 Å². The third-order valence-corrected chi connectivity index (χ3v) is 3.16. The third-order valence-electron chi connectivity index (χ3n) is 3.16. The lowest BCUT2D eigenvalue weighted by Crippen LogP contribution is -2.17. The number of benzene rings is 1. The number of aryl methyl sites for hydroxylation is 2. The van der Waals surface area contributed by atoms with Crippen LogP contribution in [-0.2, 0) is 5.41 Å². The molecule has 1 nitrogen and oxygen atoms in total. The first-order chi connectivity index (χ1) is 6.38. The molecule has 1 heteroatoms. The average molecular weight is 192 g/mol. The molecule has 0 aliphatic carbocycles. The highest BCUT2D eigenvalue weighted by Crippen LogP contribution is 2.32. The van der Waals surface area contributed by atoms with Gasteiger partial charge < -0.3 is 5.11 Å². The van der Waals surface area contributed by atoms with Crippen molar-refractivity contribution >= 4 is 0 Å². The van der Waals surface area contributed by atoms with Crippen LogP contribution in [0.1, 0.15) is 43.9 Å². The summed E-state index contributed by atoms with van der Waals surface area (Å²) in [7, 11) is 0. The van der Waals surface area contributed by atoms with Crippen LogP contribution < -0.4 is 0 Å². The van der Waals surface area contributed by atoms with Gasteiger partial charge in [-0.1, -0.05) is 26.8 Å². The van der Waals surface area contributed by atoms with Gasteiger partial charge in [-0.05, 0) is 48.4 Å². The highest BCUT2D eigenvalue weighted by Gasteiger charge is 2.20. The summed E-state index contributed by atoms with van der Waals surface area (Å²) in [5.74, 6) is 0.401. The van der Waals surface area contributed by atoms with Gasteiger partial charge in [-0.25, -0.2) is 0 Å². The Kier molecular flexibility index (Phi) is 2.89. The second-order valence-electron chi connectivity index (χ2n) is 4.69. The Morgan fingerprint density at radius 2 is 1.71 bits per heavy atom. The summed E-state index contributed by atoms with van der Waals surface area (Å²) in [4.78, 5) is 0. The highest BCUT2D eigenvalue weighted by molar-refractivity contribution is 5.43. The molecule has 0 amide bonds. The van der Waals surface area contributed by atoms with Crippen LogP contribution in [0.5, 0.6) is 5.75 Å². The zero-order valence-corrected chi connectivity index (χ0v) is 9.81. The first-order valence-electron chi connectivity index (χ1n) is 5.19. The van der Waals surface area contributed by atoms with E-state index in [2.05, 4.69) is 33.8 Å². The van der Waals surface area contributed by atoms with E-state index in [1.54, 1.807) is 0 Å². The van der Waals surface area contributed by atoms with Gasteiger partial charge in [0.2, 0.25) is 0 Å². The minimum absolute atomic E-state index is 0.197. The molecule has 1 N–H and O–H groups in total. The molecule has 0 heterocycles. The molecule has 0 saturated heterocycles. The zero-order valence-electron chi connectivity index (χ0n) is 9.81. The molecule has 0 fully saturated rings. The monoisotopic (exact) mass is 192 g/mol. The molecule has 0 spiro atoms. The maximum Gasteiger partial charge on any atom is 0.118 e. The van der Waals surface area contributed by atoms with Crippen LogP contribution in [0, 0.1) is 13.8 Å². The largest absolute Gasteiger partial charge is 0.508 e. The molecule has 1 aromatic carbocycles. The Balaban J connectivity index is 3.29. The molecule has 1 aromatic rings. The number of hydrogen-bond acceptors (Lipinski definition) is 1. The Bertz CT molecular complexity index is 337. The molecular weight excluding hydrogens is 172 g/mol. The van der Waals surface area contributed by atoms with Crippen LogP contribution in [0.15, 0.2) is 12.1 Å². The molecule has 0 aliphatic rings. The molecule has 0 unspecified atom stereocenters. The smallest absolute Gasteiger partial charge is 0.118 e. The molecular formula is C13H20O. The van der Waals surface area contributed by atoms with Crippen LogP contribution in [0.2, 0.25) is 0 Å². The van der Waals surface area contributed by atoms with Gasteiger partial charge in [-0.2, -0.15) is 0 Å².